The van der Waals surface area contributed by atoms with E-state index in [1.165, 1.54) is 0 Å². The first kappa shape index (κ1) is 13.8. The molecule has 3 N–H and O–H groups in total. The van der Waals surface area contributed by atoms with E-state index < -0.39 is 0 Å². The van der Waals surface area contributed by atoms with E-state index >= 15 is 0 Å². The summed E-state index contributed by atoms with van der Waals surface area (Å²) in [7, 11) is 3.18. The van der Waals surface area contributed by atoms with Crippen molar-refractivity contribution in [1.29, 1.82) is 0 Å². The van der Waals surface area contributed by atoms with Gasteiger partial charge >= 0.3 is 0 Å². The lowest BCUT2D eigenvalue weighted by atomic mass is 10.2. The van der Waals surface area contributed by atoms with Gasteiger partial charge in [-0.2, -0.15) is 0 Å². The number of nitrogens with zero attached hydrogens (tertiary/aromatic N) is 1. The third-order valence-electron chi connectivity index (χ3n) is 2.65. The fourth-order valence-electron chi connectivity index (χ4n) is 1.65. The number of hydrogen-bond donors (Lipinski definition) is 2. The first-order chi connectivity index (χ1) is 9.72. The molecule has 0 unspecified atom stereocenters. The van der Waals surface area contributed by atoms with Crippen molar-refractivity contribution in [3.05, 3.63) is 42.4 Å². The molecule has 0 amide bonds. The molecular formula is C14H17N3O3. The van der Waals surface area contributed by atoms with Crippen LogP contribution in [0.15, 0.2) is 46.0 Å². The number of guanidine groups is 1. The highest BCUT2D eigenvalue weighted by Gasteiger charge is 2.06. The Morgan fingerprint density at radius 1 is 1.30 bits per heavy atom. The van der Waals surface area contributed by atoms with E-state index in [2.05, 4.69) is 10.3 Å². The van der Waals surface area contributed by atoms with Crippen molar-refractivity contribution < 1.29 is 13.9 Å². The van der Waals surface area contributed by atoms with Gasteiger partial charge in [0.2, 0.25) is 0 Å². The Bertz CT molecular complexity index is 579. The molecule has 6 nitrogen and oxygen atoms in total. The van der Waals surface area contributed by atoms with Crippen LogP contribution >= 0.6 is 0 Å². The highest BCUT2D eigenvalue weighted by Crippen LogP contribution is 2.28. The molecule has 0 spiro atoms. The zero-order chi connectivity index (χ0) is 14.4. The zero-order valence-electron chi connectivity index (χ0n) is 11.4. The molecule has 20 heavy (non-hydrogen) atoms. The monoisotopic (exact) mass is 275 g/mol. The summed E-state index contributed by atoms with van der Waals surface area (Å²) in [6.45, 7) is 0.373. The lowest BCUT2D eigenvalue weighted by Crippen LogP contribution is -2.23. The lowest BCUT2D eigenvalue weighted by molar-refractivity contribution is 0.405. The van der Waals surface area contributed by atoms with Crippen molar-refractivity contribution in [3.8, 4) is 11.5 Å². The van der Waals surface area contributed by atoms with Gasteiger partial charge in [-0.25, -0.2) is 4.99 Å². The molecule has 0 saturated carbocycles. The van der Waals surface area contributed by atoms with Crippen LogP contribution in [0.3, 0.4) is 0 Å². The molecular weight excluding hydrogens is 258 g/mol. The number of hydrogen-bond acceptors (Lipinski definition) is 4. The normalized spacial score (nSPS) is 11.2. The highest BCUT2D eigenvalue weighted by molar-refractivity contribution is 5.93. The standard InChI is InChI=1S/C14H17N3O3/c1-18-10-5-6-13(19-2)12(8-10)17-14(15)16-9-11-4-3-7-20-11/h3-8H,9H2,1-2H3,(H3,15,16,17). The van der Waals surface area contributed by atoms with E-state index in [1.807, 2.05) is 6.07 Å². The number of ether oxygens (including phenoxy) is 2. The second-order valence-corrected chi connectivity index (χ2v) is 3.97. The maximum Gasteiger partial charge on any atom is 0.193 e. The van der Waals surface area contributed by atoms with Gasteiger partial charge in [0.1, 0.15) is 23.8 Å². The molecule has 1 heterocycles. The van der Waals surface area contributed by atoms with Gasteiger partial charge in [-0.3, -0.25) is 0 Å². The van der Waals surface area contributed by atoms with Crippen molar-refractivity contribution in [2.75, 3.05) is 19.5 Å². The molecule has 2 aromatic rings. The molecule has 0 fully saturated rings. The summed E-state index contributed by atoms with van der Waals surface area (Å²) in [5.41, 5.74) is 6.53. The summed E-state index contributed by atoms with van der Waals surface area (Å²) >= 11 is 0. The topological polar surface area (TPSA) is 82.0 Å². The number of aliphatic imine (C=N–C) groups is 1. The van der Waals surface area contributed by atoms with E-state index in [1.54, 1.807) is 44.7 Å². The van der Waals surface area contributed by atoms with Gasteiger partial charge in [0, 0.05) is 6.07 Å². The summed E-state index contributed by atoms with van der Waals surface area (Å²) in [6.07, 6.45) is 1.60. The number of benzene rings is 1. The van der Waals surface area contributed by atoms with E-state index in [4.69, 9.17) is 19.6 Å². The summed E-state index contributed by atoms with van der Waals surface area (Å²) in [6, 6.07) is 9.03. The largest absolute Gasteiger partial charge is 0.497 e. The summed E-state index contributed by atoms with van der Waals surface area (Å²) in [5, 5.41) is 2.98. The van der Waals surface area contributed by atoms with Crippen LogP contribution in [0.5, 0.6) is 11.5 Å². The quantitative estimate of drug-likeness (QED) is 0.646. The number of nitrogens with one attached hydrogen (secondary N) is 1. The molecule has 0 saturated heterocycles. The first-order valence-corrected chi connectivity index (χ1v) is 6.04. The Labute approximate surface area is 117 Å². The Balaban J connectivity index is 2.09. The minimum Gasteiger partial charge on any atom is -0.497 e. The minimum absolute atomic E-state index is 0.271. The van der Waals surface area contributed by atoms with Crippen LogP contribution in [0.2, 0.25) is 0 Å². The average molecular weight is 275 g/mol. The number of furan rings is 1. The summed E-state index contributed by atoms with van der Waals surface area (Å²) in [5.74, 6) is 2.37. The Morgan fingerprint density at radius 3 is 2.80 bits per heavy atom. The lowest BCUT2D eigenvalue weighted by Gasteiger charge is -2.11. The number of methoxy groups -OCH3 is 2. The molecule has 0 aliphatic heterocycles. The summed E-state index contributed by atoms with van der Waals surface area (Å²) in [4.78, 5) is 4.19. The van der Waals surface area contributed by atoms with Gasteiger partial charge < -0.3 is 24.9 Å². The molecule has 0 bridgehead atoms. The van der Waals surface area contributed by atoms with E-state index in [9.17, 15) is 0 Å². The second-order valence-electron chi connectivity index (χ2n) is 3.97. The SMILES string of the molecule is COc1ccc(OC)c(NC(N)=NCc2ccco2)c1. The van der Waals surface area contributed by atoms with Crippen molar-refractivity contribution in [2.45, 2.75) is 6.54 Å². The van der Waals surface area contributed by atoms with E-state index in [0.717, 1.165) is 5.76 Å². The predicted molar refractivity (Wildman–Crippen MR) is 77.2 cm³/mol. The molecule has 6 heteroatoms. The number of rotatable bonds is 5. The molecule has 0 radical (unpaired) electrons. The smallest absolute Gasteiger partial charge is 0.193 e. The molecule has 2 rings (SSSR count). The predicted octanol–water partition coefficient (Wildman–Crippen LogP) is 2.22. The maximum absolute atomic E-state index is 5.84. The van der Waals surface area contributed by atoms with Crippen LogP contribution in [-0.4, -0.2) is 20.2 Å². The summed E-state index contributed by atoms with van der Waals surface area (Å²) < 4.78 is 15.6. The van der Waals surface area contributed by atoms with Crippen LogP contribution in [0.1, 0.15) is 5.76 Å². The van der Waals surface area contributed by atoms with E-state index in [0.29, 0.717) is 23.7 Å². The van der Waals surface area contributed by atoms with Gasteiger partial charge in [0.15, 0.2) is 5.96 Å². The Morgan fingerprint density at radius 2 is 2.15 bits per heavy atom. The Hall–Kier alpha value is -2.63. The molecule has 106 valence electrons. The molecule has 1 aromatic heterocycles. The zero-order valence-corrected chi connectivity index (χ0v) is 11.4. The third kappa shape index (κ3) is 3.44. The molecule has 0 aliphatic rings. The van der Waals surface area contributed by atoms with Gasteiger partial charge in [0.05, 0.1) is 26.2 Å². The van der Waals surface area contributed by atoms with Gasteiger partial charge in [-0.15, -0.1) is 0 Å². The van der Waals surface area contributed by atoms with E-state index in [-0.39, 0.29) is 5.96 Å². The molecule has 0 aliphatic carbocycles. The second kappa shape index (κ2) is 6.51. The van der Waals surface area contributed by atoms with Crippen molar-refractivity contribution in [1.82, 2.24) is 0 Å². The first-order valence-electron chi connectivity index (χ1n) is 6.04. The Kier molecular flexibility index (Phi) is 4.49. The minimum atomic E-state index is 0.271. The molecule has 0 atom stereocenters. The van der Waals surface area contributed by atoms with Crippen LogP contribution in [0.4, 0.5) is 5.69 Å². The van der Waals surface area contributed by atoms with Gasteiger partial charge in [0.25, 0.3) is 0 Å². The van der Waals surface area contributed by atoms with Crippen molar-refractivity contribution in [2.24, 2.45) is 10.7 Å². The van der Waals surface area contributed by atoms with Crippen LogP contribution in [0, 0.1) is 0 Å². The van der Waals surface area contributed by atoms with Crippen LogP contribution in [0.25, 0.3) is 0 Å². The third-order valence-corrected chi connectivity index (χ3v) is 2.65. The number of anilines is 1. The van der Waals surface area contributed by atoms with Crippen molar-refractivity contribution in [3.63, 3.8) is 0 Å². The highest BCUT2D eigenvalue weighted by atomic mass is 16.5. The fourth-order valence-corrected chi connectivity index (χ4v) is 1.65. The fraction of sp³-hybridized carbons (Fsp3) is 0.214. The van der Waals surface area contributed by atoms with Gasteiger partial charge in [-0.1, -0.05) is 0 Å². The van der Waals surface area contributed by atoms with Crippen LogP contribution < -0.4 is 20.5 Å². The van der Waals surface area contributed by atoms with Crippen LogP contribution in [-0.2, 0) is 6.54 Å². The van der Waals surface area contributed by atoms with Gasteiger partial charge in [-0.05, 0) is 24.3 Å². The maximum atomic E-state index is 5.84. The average Bonchev–Trinajstić information content (AvgIpc) is 2.98. The van der Waals surface area contributed by atoms with Crippen molar-refractivity contribution >= 4 is 11.6 Å². The molecule has 1 aromatic carbocycles. The number of nitrogens with two attached hydrogens (primary N) is 1.